The average molecular weight is 463 g/mol. The van der Waals surface area contributed by atoms with Crippen molar-refractivity contribution in [2.45, 2.75) is 26.9 Å². The lowest BCUT2D eigenvalue weighted by Gasteiger charge is -2.13. The number of halogens is 3. The van der Waals surface area contributed by atoms with Gasteiger partial charge in [0.2, 0.25) is 0 Å². The monoisotopic (exact) mass is 463 g/mol. The number of alkyl halides is 3. The molecule has 0 aliphatic heterocycles. The zero-order chi connectivity index (χ0) is 24.3. The number of hydrogen-bond acceptors (Lipinski definition) is 5. The van der Waals surface area contributed by atoms with E-state index in [1.165, 1.54) is 24.3 Å². The Morgan fingerprint density at radius 1 is 0.848 bits per heavy atom. The fourth-order valence-corrected chi connectivity index (χ4v) is 2.94. The molecule has 33 heavy (non-hydrogen) atoms. The maximum absolute atomic E-state index is 13.0. The van der Waals surface area contributed by atoms with E-state index in [1.807, 2.05) is 51.1 Å². The average Bonchev–Trinajstić information content (AvgIpc) is 2.76. The van der Waals surface area contributed by atoms with Gasteiger partial charge in [0.15, 0.2) is 5.71 Å². The van der Waals surface area contributed by atoms with Crippen LogP contribution in [0.1, 0.15) is 23.6 Å². The third kappa shape index (κ3) is 8.21. The van der Waals surface area contributed by atoms with Crippen LogP contribution in [0.15, 0.2) is 65.9 Å². The SMILES string of the molecule is C/C=C/COc1cc(C)c(OC/C=C/COc2ccc(/C(=N/OC)C(F)(F)F)cc2)c(C)c1. The van der Waals surface area contributed by atoms with Gasteiger partial charge in [-0.1, -0.05) is 17.3 Å². The molecule has 2 aromatic rings. The highest BCUT2D eigenvalue weighted by molar-refractivity contribution is 6.04. The Morgan fingerprint density at radius 2 is 1.39 bits per heavy atom. The molecule has 8 heteroatoms. The molecule has 2 rings (SSSR count). The van der Waals surface area contributed by atoms with Crippen LogP contribution in [0.2, 0.25) is 0 Å². The van der Waals surface area contributed by atoms with Gasteiger partial charge in [0.05, 0.1) is 0 Å². The number of ether oxygens (including phenoxy) is 3. The number of allylic oxidation sites excluding steroid dienone is 1. The van der Waals surface area contributed by atoms with Crippen molar-refractivity contribution in [3.05, 3.63) is 77.4 Å². The van der Waals surface area contributed by atoms with Gasteiger partial charge in [0, 0.05) is 5.56 Å². The van der Waals surface area contributed by atoms with E-state index in [2.05, 4.69) is 9.99 Å². The van der Waals surface area contributed by atoms with Crippen LogP contribution in [-0.2, 0) is 4.84 Å². The standard InChI is InChI=1S/C25H28F3NO4/c1-5-6-13-32-22-16-18(2)23(19(3)17-22)33-15-8-7-14-31-21-11-9-20(10-12-21)24(29-30-4)25(26,27)28/h5-12,16-17H,13-15H2,1-4H3/b6-5+,8-7+,29-24-. The quantitative estimate of drug-likeness (QED) is 0.227. The van der Waals surface area contributed by atoms with Gasteiger partial charge in [0.25, 0.3) is 0 Å². The summed E-state index contributed by atoms with van der Waals surface area (Å²) in [5, 5.41) is 3.07. The number of benzene rings is 2. The largest absolute Gasteiger partial charge is 0.490 e. The van der Waals surface area contributed by atoms with E-state index in [0.29, 0.717) is 19.0 Å². The summed E-state index contributed by atoms with van der Waals surface area (Å²) in [7, 11) is 1.07. The maximum atomic E-state index is 13.0. The zero-order valence-electron chi connectivity index (χ0n) is 19.1. The molecule has 0 N–H and O–H groups in total. The molecular weight excluding hydrogens is 435 g/mol. The van der Waals surface area contributed by atoms with Crippen molar-refractivity contribution in [1.29, 1.82) is 0 Å². The van der Waals surface area contributed by atoms with Crippen LogP contribution >= 0.6 is 0 Å². The van der Waals surface area contributed by atoms with Crippen molar-refractivity contribution in [3.8, 4) is 17.2 Å². The Morgan fingerprint density at radius 3 is 1.94 bits per heavy atom. The molecule has 0 fully saturated rings. The molecular formula is C25H28F3NO4. The van der Waals surface area contributed by atoms with Gasteiger partial charge in [-0.25, -0.2) is 0 Å². The van der Waals surface area contributed by atoms with Crippen molar-refractivity contribution in [2.24, 2.45) is 5.16 Å². The minimum atomic E-state index is -4.61. The summed E-state index contributed by atoms with van der Waals surface area (Å²) in [6, 6.07) is 9.33. The highest BCUT2D eigenvalue weighted by Gasteiger charge is 2.37. The van der Waals surface area contributed by atoms with Crippen LogP contribution in [0.3, 0.4) is 0 Å². The van der Waals surface area contributed by atoms with Crippen LogP contribution in [0.5, 0.6) is 17.2 Å². The van der Waals surface area contributed by atoms with Crippen LogP contribution < -0.4 is 14.2 Å². The Hall–Kier alpha value is -3.42. The van der Waals surface area contributed by atoms with Crippen LogP contribution in [-0.4, -0.2) is 38.8 Å². The molecule has 0 saturated heterocycles. The van der Waals surface area contributed by atoms with Crippen molar-refractivity contribution >= 4 is 5.71 Å². The highest BCUT2D eigenvalue weighted by atomic mass is 19.4. The van der Waals surface area contributed by atoms with Crippen molar-refractivity contribution < 1.29 is 32.2 Å². The number of nitrogens with zero attached hydrogens (tertiary/aromatic N) is 1. The first kappa shape index (κ1) is 25.8. The molecule has 5 nitrogen and oxygen atoms in total. The first-order valence-electron chi connectivity index (χ1n) is 10.3. The number of aryl methyl sites for hydroxylation is 2. The molecule has 0 atom stereocenters. The lowest BCUT2D eigenvalue weighted by molar-refractivity contribution is -0.0608. The molecule has 0 unspecified atom stereocenters. The second kappa shape index (κ2) is 12.6. The summed E-state index contributed by atoms with van der Waals surface area (Å²) in [6.07, 6.45) is 2.85. The molecule has 0 radical (unpaired) electrons. The highest BCUT2D eigenvalue weighted by Crippen LogP contribution is 2.28. The first-order valence-corrected chi connectivity index (χ1v) is 10.3. The van der Waals surface area contributed by atoms with Crippen LogP contribution in [0.4, 0.5) is 13.2 Å². The molecule has 0 heterocycles. The zero-order valence-corrected chi connectivity index (χ0v) is 19.1. The minimum absolute atomic E-state index is 0.107. The fourth-order valence-electron chi connectivity index (χ4n) is 2.94. The molecule has 2 aromatic carbocycles. The van der Waals surface area contributed by atoms with Gasteiger partial charge in [-0.05, 0) is 80.4 Å². The molecule has 0 saturated carbocycles. The lowest BCUT2D eigenvalue weighted by Crippen LogP contribution is -2.24. The van der Waals surface area contributed by atoms with E-state index in [0.717, 1.165) is 29.7 Å². The molecule has 0 aromatic heterocycles. The van der Waals surface area contributed by atoms with Gasteiger partial charge in [-0.15, -0.1) is 0 Å². The molecule has 178 valence electrons. The van der Waals surface area contributed by atoms with Crippen LogP contribution in [0.25, 0.3) is 0 Å². The lowest BCUT2D eigenvalue weighted by atomic mass is 10.1. The summed E-state index contributed by atoms with van der Waals surface area (Å²) in [5.41, 5.74) is 0.747. The second-order valence-corrected chi connectivity index (χ2v) is 7.00. The van der Waals surface area contributed by atoms with Gasteiger partial charge >= 0.3 is 6.18 Å². The number of oxime groups is 1. The van der Waals surface area contributed by atoms with Crippen molar-refractivity contribution in [3.63, 3.8) is 0 Å². The molecule has 0 aliphatic carbocycles. The molecule has 0 spiro atoms. The third-order valence-electron chi connectivity index (χ3n) is 4.43. The van der Waals surface area contributed by atoms with Gasteiger partial charge < -0.3 is 19.0 Å². The van der Waals surface area contributed by atoms with Crippen LogP contribution in [0, 0.1) is 13.8 Å². The van der Waals surface area contributed by atoms with E-state index in [4.69, 9.17) is 14.2 Å². The maximum Gasteiger partial charge on any atom is 0.437 e. The summed E-state index contributed by atoms with van der Waals surface area (Å²) < 4.78 is 56.0. The first-order chi connectivity index (χ1) is 15.8. The summed E-state index contributed by atoms with van der Waals surface area (Å²) in [6.45, 7) is 6.98. The van der Waals surface area contributed by atoms with Gasteiger partial charge in [0.1, 0.15) is 44.2 Å². The topological polar surface area (TPSA) is 49.3 Å². The minimum Gasteiger partial charge on any atom is -0.490 e. The third-order valence-corrected chi connectivity index (χ3v) is 4.43. The van der Waals surface area contributed by atoms with Gasteiger partial charge in [-0.2, -0.15) is 13.2 Å². The van der Waals surface area contributed by atoms with E-state index in [1.54, 1.807) is 6.08 Å². The number of rotatable bonds is 11. The Kier molecular flexibility index (Phi) is 9.84. The predicted octanol–water partition coefficient (Wildman–Crippen LogP) is 6.19. The van der Waals surface area contributed by atoms with E-state index in [9.17, 15) is 13.2 Å². The van der Waals surface area contributed by atoms with E-state index < -0.39 is 11.9 Å². The van der Waals surface area contributed by atoms with Gasteiger partial charge in [-0.3, -0.25) is 0 Å². The number of hydrogen-bond donors (Lipinski definition) is 0. The smallest absolute Gasteiger partial charge is 0.437 e. The van der Waals surface area contributed by atoms with Crippen molar-refractivity contribution in [1.82, 2.24) is 0 Å². The van der Waals surface area contributed by atoms with Crippen molar-refractivity contribution in [2.75, 3.05) is 26.9 Å². The summed E-state index contributed by atoms with van der Waals surface area (Å²) in [5.74, 6) is 2.03. The normalized spacial score (nSPS) is 12.4. The fraction of sp³-hybridized carbons (Fsp3) is 0.320. The Bertz CT molecular complexity index is 957. The summed E-state index contributed by atoms with van der Waals surface area (Å²) in [4.78, 5) is 4.30. The Labute approximate surface area is 192 Å². The second-order valence-electron chi connectivity index (χ2n) is 7.00. The predicted molar refractivity (Wildman–Crippen MR) is 122 cm³/mol. The van der Waals surface area contributed by atoms with E-state index >= 15 is 0 Å². The van der Waals surface area contributed by atoms with E-state index in [-0.39, 0.29) is 12.2 Å². The Balaban J connectivity index is 1.84. The summed E-state index contributed by atoms with van der Waals surface area (Å²) >= 11 is 0. The molecule has 0 aliphatic rings. The molecule has 0 amide bonds. The molecule has 0 bridgehead atoms.